The predicted octanol–water partition coefficient (Wildman–Crippen LogP) is 2.55. The summed E-state index contributed by atoms with van der Waals surface area (Å²) in [6.45, 7) is 1.35. The summed E-state index contributed by atoms with van der Waals surface area (Å²) >= 11 is 0. The van der Waals surface area contributed by atoms with E-state index in [2.05, 4.69) is 10.9 Å². The third kappa shape index (κ3) is 4.72. The van der Waals surface area contributed by atoms with E-state index < -0.39 is 11.0 Å². The maximum Gasteiger partial charge on any atom is 0.269 e. The molecule has 2 aromatic carbocycles. The van der Waals surface area contributed by atoms with E-state index in [0.29, 0.717) is 11.1 Å². The fraction of sp³-hybridized carbons (Fsp3) is 0.176. The summed E-state index contributed by atoms with van der Waals surface area (Å²) in [6.07, 6.45) is 0.0993. The average Bonchev–Trinajstić information content (AvgIpc) is 2.59. The molecule has 7 heteroatoms. The van der Waals surface area contributed by atoms with Crippen molar-refractivity contribution in [1.29, 1.82) is 0 Å². The Balaban J connectivity index is 2.19. The number of nitro benzene ring substituents is 1. The number of nitrogens with zero attached hydrogens (tertiary/aromatic N) is 1. The van der Waals surface area contributed by atoms with Gasteiger partial charge in [0.05, 0.1) is 11.0 Å². The summed E-state index contributed by atoms with van der Waals surface area (Å²) in [6, 6.07) is 14.2. The number of amides is 1. The fourth-order valence-electron chi connectivity index (χ4n) is 2.20. The number of hydrogen-bond donors (Lipinski definition) is 2. The highest BCUT2D eigenvalue weighted by Crippen LogP contribution is 2.21. The number of hydrogen-bond acceptors (Lipinski definition) is 5. The van der Waals surface area contributed by atoms with Crippen LogP contribution < -0.4 is 10.9 Å². The summed E-state index contributed by atoms with van der Waals surface area (Å²) < 4.78 is 0. The van der Waals surface area contributed by atoms with Gasteiger partial charge in [-0.3, -0.25) is 25.1 Å². The quantitative estimate of drug-likeness (QED) is 0.462. The molecule has 0 aliphatic carbocycles. The number of ketones is 1. The van der Waals surface area contributed by atoms with Crippen molar-refractivity contribution >= 4 is 17.4 Å². The predicted molar refractivity (Wildman–Crippen MR) is 88.2 cm³/mol. The lowest BCUT2D eigenvalue weighted by Gasteiger charge is -2.18. The lowest BCUT2D eigenvalue weighted by molar-refractivity contribution is -0.384. The van der Waals surface area contributed by atoms with E-state index in [1.807, 2.05) is 6.07 Å². The zero-order valence-electron chi connectivity index (χ0n) is 13.1. The molecule has 0 aromatic heterocycles. The van der Waals surface area contributed by atoms with Gasteiger partial charge in [0.2, 0.25) is 5.91 Å². The molecule has 2 N–H and O–H groups in total. The first-order chi connectivity index (χ1) is 11.5. The van der Waals surface area contributed by atoms with Gasteiger partial charge in [0.15, 0.2) is 5.78 Å². The molecular formula is C17H17N3O4. The van der Waals surface area contributed by atoms with Gasteiger partial charge in [-0.25, -0.2) is 5.43 Å². The van der Waals surface area contributed by atoms with Crippen LogP contribution in [0.3, 0.4) is 0 Å². The number of benzene rings is 2. The molecule has 0 aliphatic heterocycles. The van der Waals surface area contributed by atoms with E-state index in [9.17, 15) is 19.7 Å². The Morgan fingerprint density at radius 1 is 1.08 bits per heavy atom. The van der Waals surface area contributed by atoms with Crippen LogP contribution in [0.1, 0.15) is 35.3 Å². The Labute approximate surface area is 138 Å². The Morgan fingerprint density at radius 2 is 1.71 bits per heavy atom. The third-order valence-corrected chi connectivity index (χ3v) is 3.41. The maximum atomic E-state index is 12.4. The van der Waals surface area contributed by atoms with Crippen LogP contribution in [0, 0.1) is 10.1 Å². The molecule has 0 radical (unpaired) electrons. The van der Waals surface area contributed by atoms with Crippen molar-refractivity contribution in [3.63, 3.8) is 0 Å². The first kappa shape index (κ1) is 17.3. The monoisotopic (exact) mass is 327 g/mol. The number of nitrogens with one attached hydrogen (secondary N) is 2. The minimum absolute atomic E-state index is 0.0357. The molecule has 7 nitrogen and oxygen atoms in total. The number of carbonyl (C=O) groups excluding carboxylic acids is 2. The second kappa shape index (κ2) is 7.98. The Hall–Kier alpha value is -3.06. The lowest BCUT2D eigenvalue weighted by Crippen LogP contribution is -2.39. The summed E-state index contributed by atoms with van der Waals surface area (Å²) in [5.74, 6) is -0.397. The highest BCUT2D eigenvalue weighted by atomic mass is 16.6. The summed E-state index contributed by atoms with van der Waals surface area (Å²) in [7, 11) is 0. The second-order valence-electron chi connectivity index (χ2n) is 5.22. The second-order valence-corrected chi connectivity index (χ2v) is 5.22. The maximum absolute atomic E-state index is 12.4. The van der Waals surface area contributed by atoms with Crippen molar-refractivity contribution in [2.75, 3.05) is 0 Å². The van der Waals surface area contributed by atoms with E-state index in [-0.39, 0.29) is 23.8 Å². The van der Waals surface area contributed by atoms with Crippen LogP contribution in [0.4, 0.5) is 5.69 Å². The Bertz CT molecular complexity index is 729. The van der Waals surface area contributed by atoms with Gasteiger partial charge in [0, 0.05) is 31.0 Å². The van der Waals surface area contributed by atoms with Gasteiger partial charge >= 0.3 is 0 Å². The van der Waals surface area contributed by atoms with E-state index in [4.69, 9.17) is 0 Å². The highest BCUT2D eigenvalue weighted by molar-refractivity contribution is 5.96. The van der Waals surface area contributed by atoms with Crippen molar-refractivity contribution in [3.05, 3.63) is 75.8 Å². The van der Waals surface area contributed by atoms with Crippen LogP contribution in [0.2, 0.25) is 0 Å². The number of nitro groups is 1. The lowest BCUT2D eigenvalue weighted by atomic mass is 9.98. The van der Waals surface area contributed by atoms with Gasteiger partial charge < -0.3 is 0 Å². The van der Waals surface area contributed by atoms with Crippen LogP contribution in [-0.2, 0) is 4.79 Å². The van der Waals surface area contributed by atoms with Gasteiger partial charge in [-0.1, -0.05) is 42.5 Å². The van der Waals surface area contributed by atoms with E-state index in [0.717, 1.165) is 0 Å². The zero-order chi connectivity index (χ0) is 17.5. The molecule has 1 amide bonds. The summed E-state index contributed by atoms with van der Waals surface area (Å²) in [5, 5.41) is 10.7. The smallest absolute Gasteiger partial charge is 0.269 e. The molecule has 0 aliphatic rings. The first-order valence-electron chi connectivity index (χ1n) is 7.32. The van der Waals surface area contributed by atoms with Crippen LogP contribution in [-0.4, -0.2) is 16.6 Å². The number of Topliss-reactive ketones (excluding diaryl/α,β-unsaturated/α-hetero) is 1. The van der Waals surface area contributed by atoms with Gasteiger partial charge in [-0.2, -0.15) is 0 Å². The zero-order valence-corrected chi connectivity index (χ0v) is 13.1. The molecule has 0 spiro atoms. The Kier molecular flexibility index (Phi) is 5.75. The molecule has 2 aromatic rings. The highest BCUT2D eigenvalue weighted by Gasteiger charge is 2.18. The van der Waals surface area contributed by atoms with Crippen molar-refractivity contribution in [3.8, 4) is 0 Å². The number of carbonyl (C=O) groups is 2. The largest absolute Gasteiger partial charge is 0.294 e. The standard InChI is InChI=1S/C17H17N3O4/c1-12(21)18-19-16(11-17(22)14-5-3-2-4-6-14)13-7-9-15(10-8-13)20(23)24/h2-10,16,19H,11H2,1H3,(H,18,21). The third-order valence-electron chi connectivity index (χ3n) is 3.41. The van der Waals surface area contributed by atoms with E-state index in [1.54, 1.807) is 36.4 Å². The van der Waals surface area contributed by atoms with Crippen LogP contribution >= 0.6 is 0 Å². The summed E-state index contributed by atoms with van der Waals surface area (Å²) in [5.41, 5.74) is 6.45. The molecule has 0 heterocycles. The SMILES string of the molecule is CC(=O)NNC(CC(=O)c1ccccc1)c1ccc([N+](=O)[O-])cc1. The topological polar surface area (TPSA) is 101 Å². The summed E-state index contributed by atoms with van der Waals surface area (Å²) in [4.78, 5) is 33.8. The van der Waals surface area contributed by atoms with Gasteiger partial charge in [0.1, 0.15) is 0 Å². The van der Waals surface area contributed by atoms with E-state index >= 15 is 0 Å². The number of hydrazine groups is 1. The molecule has 0 saturated carbocycles. The molecule has 1 unspecified atom stereocenters. The molecular weight excluding hydrogens is 310 g/mol. The average molecular weight is 327 g/mol. The van der Waals surface area contributed by atoms with Crippen LogP contribution in [0.5, 0.6) is 0 Å². The molecule has 2 rings (SSSR count). The molecule has 0 bridgehead atoms. The number of rotatable bonds is 7. The van der Waals surface area contributed by atoms with Gasteiger partial charge in [-0.15, -0.1) is 0 Å². The molecule has 24 heavy (non-hydrogen) atoms. The minimum Gasteiger partial charge on any atom is -0.294 e. The first-order valence-corrected chi connectivity index (χ1v) is 7.32. The van der Waals surface area contributed by atoms with Gasteiger partial charge in [0.25, 0.3) is 5.69 Å². The molecule has 0 fully saturated rings. The van der Waals surface area contributed by atoms with Crippen molar-refractivity contribution in [2.24, 2.45) is 0 Å². The van der Waals surface area contributed by atoms with Crippen molar-refractivity contribution in [1.82, 2.24) is 10.9 Å². The molecule has 0 saturated heterocycles. The number of non-ortho nitro benzene ring substituents is 1. The van der Waals surface area contributed by atoms with Crippen LogP contribution in [0.15, 0.2) is 54.6 Å². The molecule has 1 atom stereocenters. The van der Waals surface area contributed by atoms with Gasteiger partial charge in [-0.05, 0) is 5.56 Å². The normalized spacial score (nSPS) is 11.5. The van der Waals surface area contributed by atoms with Crippen molar-refractivity contribution < 1.29 is 14.5 Å². The van der Waals surface area contributed by atoms with Crippen molar-refractivity contribution in [2.45, 2.75) is 19.4 Å². The molecule has 124 valence electrons. The Morgan fingerprint density at radius 3 is 2.25 bits per heavy atom. The van der Waals surface area contributed by atoms with Crippen LogP contribution in [0.25, 0.3) is 0 Å². The fourth-order valence-corrected chi connectivity index (χ4v) is 2.20. The minimum atomic E-state index is -0.498. The van der Waals surface area contributed by atoms with E-state index in [1.165, 1.54) is 19.1 Å².